The van der Waals surface area contributed by atoms with E-state index in [1.54, 1.807) is 12.1 Å². The number of hydrogen-bond donors (Lipinski definition) is 1. The summed E-state index contributed by atoms with van der Waals surface area (Å²) in [6.45, 7) is 2.36. The fraction of sp³-hybridized carbons (Fsp3) is 0.294. The molecule has 106 valence electrons. The van der Waals surface area contributed by atoms with Gasteiger partial charge in [-0.15, -0.1) is 0 Å². The van der Waals surface area contributed by atoms with Crippen molar-refractivity contribution in [3.05, 3.63) is 65.5 Å². The van der Waals surface area contributed by atoms with E-state index in [1.807, 2.05) is 37.4 Å². The van der Waals surface area contributed by atoms with Crippen LogP contribution in [0, 0.1) is 5.82 Å². The lowest BCUT2D eigenvalue weighted by Crippen LogP contribution is -2.16. The third kappa shape index (κ3) is 3.36. The molecule has 0 bridgehead atoms. The summed E-state index contributed by atoms with van der Waals surface area (Å²) in [6, 6.07) is 14.8. The molecule has 0 radical (unpaired) electrons. The molecule has 0 aliphatic rings. The Hall–Kier alpha value is -1.87. The van der Waals surface area contributed by atoms with Gasteiger partial charge in [-0.1, -0.05) is 43.3 Å². The SMILES string of the molecule is CCC(NC)c1ccccc1OCc1ccccc1F. The predicted octanol–water partition coefficient (Wildman–Crippen LogP) is 4.08. The van der Waals surface area contributed by atoms with Crippen molar-refractivity contribution < 1.29 is 9.13 Å². The molecule has 0 aromatic heterocycles. The Morgan fingerprint density at radius 1 is 1.10 bits per heavy atom. The molecule has 20 heavy (non-hydrogen) atoms. The van der Waals surface area contributed by atoms with Crippen molar-refractivity contribution in [2.75, 3.05) is 7.05 Å². The summed E-state index contributed by atoms with van der Waals surface area (Å²) < 4.78 is 19.4. The van der Waals surface area contributed by atoms with Gasteiger partial charge in [-0.05, 0) is 25.6 Å². The average molecular weight is 273 g/mol. The number of nitrogens with one attached hydrogen (secondary N) is 1. The van der Waals surface area contributed by atoms with Gasteiger partial charge in [0.2, 0.25) is 0 Å². The summed E-state index contributed by atoms with van der Waals surface area (Å²) in [4.78, 5) is 0. The van der Waals surface area contributed by atoms with E-state index in [0.717, 1.165) is 17.7 Å². The van der Waals surface area contributed by atoms with Gasteiger partial charge < -0.3 is 10.1 Å². The minimum atomic E-state index is -0.231. The van der Waals surface area contributed by atoms with Crippen LogP contribution < -0.4 is 10.1 Å². The lowest BCUT2D eigenvalue weighted by Gasteiger charge is -2.18. The first-order valence-corrected chi connectivity index (χ1v) is 6.88. The zero-order valence-corrected chi connectivity index (χ0v) is 11.9. The molecule has 3 heteroatoms. The number of hydrogen-bond acceptors (Lipinski definition) is 2. The van der Waals surface area contributed by atoms with E-state index >= 15 is 0 Å². The van der Waals surface area contributed by atoms with Crippen LogP contribution in [0.25, 0.3) is 0 Å². The molecule has 0 spiro atoms. The van der Waals surface area contributed by atoms with E-state index in [-0.39, 0.29) is 18.5 Å². The summed E-state index contributed by atoms with van der Waals surface area (Å²) in [5, 5.41) is 3.26. The molecule has 0 heterocycles. The molecule has 0 saturated heterocycles. The number of para-hydroxylation sites is 1. The summed E-state index contributed by atoms with van der Waals surface area (Å²) in [5.41, 5.74) is 1.67. The Bertz CT molecular complexity index is 552. The third-order valence-electron chi connectivity index (χ3n) is 3.39. The number of rotatable bonds is 6. The molecule has 1 atom stereocenters. The van der Waals surface area contributed by atoms with Crippen LogP contribution in [0.2, 0.25) is 0 Å². The van der Waals surface area contributed by atoms with Crippen molar-refractivity contribution in [1.82, 2.24) is 5.32 Å². The third-order valence-corrected chi connectivity index (χ3v) is 3.39. The van der Waals surface area contributed by atoms with E-state index in [9.17, 15) is 4.39 Å². The summed E-state index contributed by atoms with van der Waals surface area (Å²) in [7, 11) is 1.93. The molecular weight excluding hydrogens is 253 g/mol. The van der Waals surface area contributed by atoms with Crippen LogP contribution in [0.3, 0.4) is 0 Å². The monoisotopic (exact) mass is 273 g/mol. The maximum atomic E-state index is 13.6. The highest BCUT2D eigenvalue weighted by molar-refractivity contribution is 5.36. The smallest absolute Gasteiger partial charge is 0.129 e. The van der Waals surface area contributed by atoms with Gasteiger partial charge in [-0.2, -0.15) is 0 Å². The Labute approximate surface area is 119 Å². The summed E-state index contributed by atoms with van der Waals surface area (Å²) in [5.74, 6) is 0.572. The first kappa shape index (κ1) is 14.5. The van der Waals surface area contributed by atoms with Crippen LogP contribution in [0.15, 0.2) is 48.5 Å². The second-order valence-corrected chi connectivity index (χ2v) is 4.67. The topological polar surface area (TPSA) is 21.3 Å². The highest BCUT2D eigenvalue weighted by atomic mass is 19.1. The molecule has 0 fully saturated rings. The lowest BCUT2D eigenvalue weighted by atomic mass is 10.0. The van der Waals surface area contributed by atoms with Gasteiger partial charge in [0.05, 0.1) is 0 Å². The summed E-state index contributed by atoms with van der Waals surface area (Å²) in [6.07, 6.45) is 0.969. The van der Waals surface area contributed by atoms with Crippen LogP contribution in [0.4, 0.5) is 4.39 Å². The number of benzene rings is 2. The van der Waals surface area contributed by atoms with Gasteiger partial charge in [-0.25, -0.2) is 4.39 Å². The van der Waals surface area contributed by atoms with Crippen LogP contribution in [-0.2, 0) is 6.61 Å². The van der Waals surface area contributed by atoms with E-state index in [2.05, 4.69) is 12.2 Å². The fourth-order valence-electron chi connectivity index (χ4n) is 2.25. The van der Waals surface area contributed by atoms with Gasteiger partial charge in [0, 0.05) is 17.2 Å². The van der Waals surface area contributed by atoms with Crippen molar-refractivity contribution in [2.24, 2.45) is 0 Å². The molecule has 2 aromatic carbocycles. The largest absolute Gasteiger partial charge is 0.488 e. The minimum Gasteiger partial charge on any atom is -0.488 e. The van der Waals surface area contributed by atoms with Crippen molar-refractivity contribution in [3.8, 4) is 5.75 Å². The van der Waals surface area contributed by atoms with Gasteiger partial charge in [0.25, 0.3) is 0 Å². The Balaban J connectivity index is 2.16. The Kier molecular flexibility index (Phi) is 5.13. The highest BCUT2D eigenvalue weighted by Gasteiger charge is 2.12. The predicted molar refractivity (Wildman–Crippen MR) is 79.3 cm³/mol. The molecule has 1 unspecified atom stereocenters. The zero-order chi connectivity index (χ0) is 14.4. The Morgan fingerprint density at radius 2 is 1.80 bits per heavy atom. The van der Waals surface area contributed by atoms with Gasteiger partial charge >= 0.3 is 0 Å². The second-order valence-electron chi connectivity index (χ2n) is 4.67. The minimum absolute atomic E-state index is 0.231. The summed E-state index contributed by atoms with van der Waals surface area (Å²) >= 11 is 0. The van der Waals surface area contributed by atoms with Crippen LogP contribution >= 0.6 is 0 Å². The van der Waals surface area contributed by atoms with E-state index in [0.29, 0.717) is 5.56 Å². The lowest BCUT2D eigenvalue weighted by molar-refractivity contribution is 0.293. The molecule has 0 aliphatic carbocycles. The molecule has 2 nitrogen and oxygen atoms in total. The van der Waals surface area contributed by atoms with Crippen LogP contribution in [0.5, 0.6) is 5.75 Å². The molecule has 0 amide bonds. The van der Waals surface area contributed by atoms with Crippen LogP contribution in [-0.4, -0.2) is 7.05 Å². The van der Waals surface area contributed by atoms with Gasteiger partial charge in [0.15, 0.2) is 0 Å². The van der Waals surface area contributed by atoms with E-state index in [1.165, 1.54) is 6.07 Å². The van der Waals surface area contributed by atoms with Crippen molar-refractivity contribution in [3.63, 3.8) is 0 Å². The maximum Gasteiger partial charge on any atom is 0.129 e. The highest BCUT2D eigenvalue weighted by Crippen LogP contribution is 2.27. The van der Waals surface area contributed by atoms with Crippen molar-refractivity contribution >= 4 is 0 Å². The molecule has 1 N–H and O–H groups in total. The van der Waals surface area contributed by atoms with Gasteiger partial charge in [-0.3, -0.25) is 0 Å². The zero-order valence-electron chi connectivity index (χ0n) is 11.9. The normalized spacial score (nSPS) is 12.2. The molecular formula is C17H20FNO. The van der Waals surface area contributed by atoms with E-state index < -0.39 is 0 Å². The molecule has 2 aromatic rings. The first-order valence-electron chi connectivity index (χ1n) is 6.88. The molecule has 0 aliphatic heterocycles. The Morgan fingerprint density at radius 3 is 2.50 bits per heavy atom. The van der Waals surface area contributed by atoms with Crippen molar-refractivity contribution in [1.29, 1.82) is 0 Å². The van der Waals surface area contributed by atoms with Crippen LogP contribution in [0.1, 0.15) is 30.5 Å². The molecule has 2 rings (SSSR count). The second kappa shape index (κ2) is 7.06. The standard InChI is InChI=1S/C17H20FNO/c1-3-16(19-2)14-9-5-7-11-17(14)20-12-13-8-4-6-10-15(13)18/h4-11,16,19H,3,12H2,1-2H3. The number of ether oxygens (including phenoxy) is 1. The molecule has 0 saturated carbocycles. The quantitative estimate of drug-likeness (QED) is 0.856. The average Bonchev–Trinajstić information content (AvgIpc) is 2.49. The fourth-order valence-corrected chi connectivity index (χ4v) is 2.25. The number of halogens is 1. The van der Waals surface area contributed by atoms with E-state index in [4.69, 9.17) is 4.74 Å². The maximum absolute atomic E-state index is 13.6. The first-order chi connectivity index (χ1) is 9.76. The van der Waals surface area contributed by atoms with Crippen molar-refractivity contribution in [2.45, 2.75) is 26.0 Å². The van der Waals surface area contributed by atoms with Gasteiger partial charge in [0.1, 0.15) is 18.2 Å².